The van der Waals surface area contributed by atoms with Crippen LogP contribution < -0.4 is 5.32 Å². The molecule has 162 valence electrons. The Morgan fingerprint density at radius 1 is 1.29 bits per heavy atom. The van der Waals surface area contributed by atoms with E-state index in [2.05, 4.69) is 45.0 Å². The van der Waals surface area contributed by atoms with Crippen molar-refractivity contribution in [2.24, 2.45) is 0 Å². The number of halogens is 1. The molecule has 2 aliphatic heterocycles. The van der Waals surface area contributed by atoms with Gasteiger partial charge in [0.05, 0.1) is 0 Å². The molecule has 0 radical (unpaired) electrons. The number of fused-ring (bicyclic) bond motifs is 6. The van der Waals surface area contributed by atoms with Crippen molar-refractivity contribution >= 4 is 28.4 Å². The number of hydrogen-bond acceptors (Lipinski definition) is 3. The molecule has 0 saturated carbocycles. The molecule has 5 nitrogen and oxygen atoms in total. The van der Waals surface area contributed by atoms with E-state index in [1.165, 1.54) is 35.0 Å². The van der Waals surface area contributed by atoms with Crippen LogP contribution in [0.1, 0.15) is 53.7 Å². The van der Waals surface area contributed by atoms with Crippen molar-refractivity contribution in [1.82, 2.24) is 19.8 Å². The molecule has 31 heavy (non-hydrogen) atoms. The molecule has 1 amide bonds. The van der Waals surface area contributed by atoms with Gasteiger partial charge in [0.15, 0.2) is 0 Å². The van der Waals surface area contributed by atoms with E-state index in [0.717, 1.165) is 29.2 Å². The Morgan fingerprint density at radius 2 is 2.13 bits per heavy atom. The molecule has 3 unspecified atom stereocenters. The number of aryl methyl sites for hydroxylation is 1. The van der Waals surface area contributed by atoms with E-state index < -0.39 is 0 Å². The monoisotopic (exact) mass is 436 g/mol. The van der Waals surface area contributed by atoms with Gasteiger partial charge >= 0.3 is 0 Å². The molecule has 1 N–H and O–H groups in total. The molecule has 0 aliphatic carbocycles. The predicted molar refractivity (Wildman–Crippen MR) is 125 cm³/mol. The van der Waals surface area contributed by atoms with Gasteiger partial charge in [0.25, 0.3) is 0 Å². The quantitative estimate of drug-likeness (QED) is 0.635. The maximum atomic E-state index is 12.4. The molecule has 2 aliphatic rings. The van der Waals surface area contributed by atoms with E-state index in [-0.39, 0.29) is 11.8 Å². The summed E-state index contributed by atoms with van der Waals surface area (Å²) in [5.41, 5.74) is 6.17. The van der Waals surface area contributed by atoms with Gasteiger partial charge in [-0.2, -0.15) is 0 Å². The highest BCUT2D eigenvalue weighted by atomic mass is 35.5. The molecule has 3 aromatic rings. The number of likely N-dealkylation sites (N-methyl/N-ethyl adjacent to an activating group) is 1. The summed E-state index contributed by atoms with van der Waals surface area (Å²) in [5, 5.41) is 4.84. The highest BCUT2D eigenvalue weighted by Crippen LogP contribution is 2.47. The van der Waals surface area contributed by atoms with Crippen LogP contribution in [0.2, 0.25) is 5.02 Å². The number of amides is 1. The third-order valence-corrected chi connectivity index (χ3v) is 7.53. The summed E-state index contributed by atoms with van der Waals surface area (Å²) in [7, 11) is 3.96. The summed E-state index contributed by atoms with van der Waals surface area (Å²) in [4.78, 5) is 19.4. The second kappa shape index (κ2) is 7.95. The largest absolute Gasteiger partial charge is 0.359 e. The Balaban J connectivity index is 1.63. The van der Waals surface area contributed by atoms with Crippen LogP contribution in [0.3, 0.4) is 0 Å². The summed E-state index contributed by atoms with van der Waals surface area (Å²) in [6, 6.07) is 11.4. The molecule has 3 atom stereocenters. The minimum absolute atomic E-state index is 0.0544. The van der Waals surface area contributed by atoms with Crippen LogP contribution in [0.15, 0.2) is 36.5 Å². The first-order chi connectivity index (χ1) is 15.0. The molecule has 1 fully saturated rings. The van der Waals surface area contributed by atoms with E-state index in [1.807, 2.05) is 25.3 Å². The number of benzene rings is 1. The van der Waals surface area contributed by atoms with E-state index >= 15 is 0 Å². The number of carbonyl (C=O) groups excluding carboxylic acids is 1. The van der Waals surface area contributed by atoms with Gasteiger partial charge in [0, 0.05) is 77.9 Å². The normalized spacial score (nSPS) is 21.3. The summed E-state index contributed by atoms with van der Waals surface area (Å²) in [6.07, 6.45) is 5.85. The summed E-state index contributed by atoms with van der Waals surface area (Å²) < 4.78 is 2.47. The molecule has 1 saturated heterocycles. The van der Waals surface area contributed by atoms with Crippen molar-refractivity contribution in [1.29, 1.82) is 0 Å². The molecule has 2 bridgehead atoms. The summed E-state index contributed by atoms with van der Waals surface area (Å²) in [5.74, 6) is 0.111. The van der Waals surface area contributed by atoms with Crippen LogP contribution in [0.4, 0.5) is 0 Å². The highest BCUT2D eigenvalue weighted by molar-refractivity contribution is 6.31. The van der Waals surface area contributed by atoms with Crippen molar-refractivity contribution in [2.45, 2.75) is 57.2 Å². The minimum atomic E-state index is 0.0544. The molecular formula is C25H29ClN4O. The zero-order chi connectivity index (χ0) is 21.7. The van der Waals surface area contributed by atoms with Crippen LogP contribution in [-0.2, 0) is 17.8 Å². The molecular weight excluding hydrogens is 408 g/mol. The SMILES string of the molecule is CNC(=O)CC(Cn1c2c(c3cc(Cl)ccc31)C1CCC(C2)N1C)c1ccc(C)nc1. The van der Waals surface area contributed by atoms with Crippen molar-refractivity contribution in [2.75, 3.05) is 14.1 Å². The lowest BCUT2D eigenvalue weighted by atomic mass is 9.95. The van der Waals surface area contributed by atoms with Crippen molar-refractivity contribution < 1.29 is 4.79 Å². The summed E-state index contributed by atoms with van der Waals surface area (Å²) in [6.45, 7) is 2.75. The Labute approximate surface area is 188 Å². The van der Waals surface area contributed by atoms with Crippen LogP contribution in [0.5, 0.6) is 0 Å². The van der Waals surface area contributed by atoms with E-state index in [4.69, 9.17) is 11.6 Å². The first-order valence-electron chi connectivity index (χ1n) is 11.1. The Bertz CT molecular complexity index is 1140. The average Bonchev–Trinajstić information content (AvgIpc) is 3.17. The smallest absolute Gasteiger partial charge is 0.220 e. The topological polar surface area (TPSA) is 50.2 Å². The van der Waals surface area contributed by atoms with Crippen LogP contribution in [-0.4, -0.2) is 40.5 Å². The second-order valence-electron chi connectivity index (χ2n) is 9.06. The number of hydrogen-bond donors (Lipinski definition) is 1. The van der Waals surface area contributed by atoms with Gasteiger partial charge in [-0.15, -0.1) is 0 Å². The van der Waals surface area contributed by atoms with Crippen molar-refractivity contribution in [3.63, 3.8) is 0 Å². The van der Waals surface area contributed by atoms with Crippen LogP contribution >= 0.6 is 11.6 Å². The van der Waals surface area contributed by atoms with Crippen molar-refractivity contribution in [3.8, 4) is 0 Å². The zero-order valence-corrected chi connectivity index (χ0v) is 19.1. The fourth-order valence-corrected chi connectivity index (χ4v) is 5.76. The second-order valence-corrected chi connectivity index (χ2v) is 9.49. The number of nitrogens with one attached hydrogen (secondary N) is 1. The summed E-state index contributed by atoms with van der Waals surface area (Å²) >= 11 is 6.43. The van der Waals surface area contributed by atoms with Gasteiger partial charge in [-0.05, 0) is 62.2 Å². The van der Waals surface area contributed by atoms with E-state index in [0.29, 0.717) is 18.5 Å². The Morgan fingerprint density at radius 3 is 2.87 bits per heavy atom. The van der Waals surface area contributed by atoms with E-state index in [1.54, 1.807) is 7.05 Å². The van der Waals surface area contributed by atoms with Crippen LogP contribution in [0.25, 0.3) is 10.9 Å². The van der Waals surface area contributed by atoms with Gasteiger partial charge in [0.1, 0.15) is 0 Å². The lowest BCUT2D eigenvalue weighted by Crippen LogP contribution is -2.35. The maximum Gasteiger partial charge on any atom is 0.220 e. The molecule has 5 rings (SSSR count). The number of carbonyl (C=O) groups is 1. The lowest BCUT2D eigenvalue weighted by Gasteiger charge is -2.33. The van der Waals surface area contributed by atoms with Crippen molar-refractivity contribution in [3.05, 3.63) is 64.1 Å². The number of nitrogens with zero attached hydrogens (tertiary/aromatic N) is 3. The van der Waals surface area contributed by atoms with Gasteiger partial charge in [0.2, 0.25) is 5.91 Å². The fourth-order valence-electron chi connectivity index (χ4n) is 5.59. The molecule has 4 heterocycles. The number of aromatic nitrogens is 2. The molecule has 1 aromatic carbocycles. The lowest BCUT2D eigenvalue weighted by molar-refractivity contribution is -0.121. The van der Waals surface area contributed by atoms with Gasteiger partial charge in [-0.1, -0.05) is 17.7 Å². The third-order valence-electron chi connectivity index (χ3n) is 7.30. The first kappa shape index (κ1) is 20.5. The Kier molecular flexibility index (Phi) is 5.27. The van der Waals surface area contributed by atoms with Gasteiger partial charge in [-0.3, -0.25) is 14.7 Å². The van der Waals surface area contributed by atoms with E-state index in [9.17, 15) is 4.79 Å². The van der Waals surface area contributed by atoms with Gasteiger partial charge < -0.3 is 9.88 Å². The van der Waals surface area contributed by atoms with Gasteiger partial charge in [-0.25, -0.2) is 0 Å². The molecule has 0 spiro atoms. The standard InChI is InChI=1S/C25H29ClN4O/c1-15-4-5-16(13-28-15)17(10-24(31)27-2)14-30-21-8-6-18(26)11-20(21)25-22-9-7-19(29(22)3)12-23(25)30/h4-6,8,11,13,17,19,22H,7,9-10,12,14H2,1-3H3,(H,27,31). The number of rotatable bonds is 5. The highest BCUT2D eigenvalue weighted by Gasteiger charge is 2.41. The maximum absolute atomic E-state index is 12.4. The zero-order valence-electron chi connectivity index (χ0n) is 18.4. The van der Waals surface area contributed by atoms with Crippen LogP contribution in [0, 0.1) is 6.92 Å². The third kappa shape index (κ3) is 3.54. The minimum Gasteiger partial charge on any atom is -0.359 e. The average molecular weight is 437 g/mol. The molecule has 6 heteroatoms. The fraction of sp³-hybridized carbons (Fsp3) is 0.440. The predicted octanol–water partition coefficient (Wildman–Crippen LogP) is 4.61. The molecule has 2 aromatic heterocycles. The first-order valence-corrected chi connectivity index (χ1v) is 11.5. The Hall–Kier alpha value is -2.37. The number of pyridine rings is 1.